The molecule has 1 unspecified atom stereocenters. The first kappa shape index (κ1) is 47.4. The quantitative estimate of drug-likeness (QED) is 0.0876. The van der Waals surface area contributed by atoms with Crippen LogP contribution in [0.25, 0.3) is 22.1 Å². The van der Waals surface area contributed by atoms with Crippen molar-refractivity contribution in [2.75, 3.05) is 39.3 Å². The van der Waals surface area contributed by atoms with E-state index in [0.717, 1.165) is 70.2 Å². The fourth-order valence-electron chi connectivity index (χ4n) is 9.64. The number of H-pyrrole nitrogens is 1. The average Bonchev–Trinajstić information content (AvgIpc) is 4.11. The number of aromatic hydroxyl groups is 2. The van der Waals surface area contributed by atoms with Crippen LogP contribution in [0.15, 0.2) is 70.5 Å². The molecule has 0 saturated carbocycles. The molecule has 6 heterocycles. The van der Waals surface area contributed by atoms with Gasteiger partial charge in [-0.2, -0.15) is 5.10 Å². The van der Waals surface area contributed by atoms with E-state index in [2.05, 4.69) is 49.8 Å². The number of halogens is 1. The first-order chi connectivity index (χ1) is 33.1. The topological polar surface area (TPSA) is 216 Å². The molecule has 2 saturated heterocycles. The summed E-state index contributed by atoms with van der Waals surface area (Å²) in [4.78, 5) is 63.6. The van der Waals surface area contributed by atoms with Gasteiger partial charge in [-0.3, -0.25) is 28.8 Å². The van der Waals surface area contributed by atoms with Crippen LogP contribution in [0, 0.1) is 32.6 Å². The molecule has 360 valence electrons. The zero-order chi connectivity index (χ0) is 48.7. The van der Waals surface area contributed by atoms with Gasteiger partial charge >= 0.3 is 5.69 Å². The number of carbonyl (C=O) groups is 3. The minimum atomic E-state index is -0.654. The minimum absolute atomic E-state index is 0.0143. The van der Waals surface area contributed by atoms with E-state index in [1.165, 1.54) is 10.6 Å². The van der Waals surface area contributed by atoms with E-state index in [1.807, 2.05) is 78.8 Å². The molecule has 0 radical (unpaired) electrons. The van der Waals surface area contributed by atoms with E-state index < -0.39 is 11.7 Å². The number of amides is 3. The first-order valence-corrected chi connectivity index (χ1v) is 24.6. The van der Waals surface area contributed by atoms with Gasteiger partial charge in [0.2, 0.25) is 17.7 Å². The number of aromatic nitrogens is 6. The fraction of sp³-hybridized carbons (Fsp3) is 0.400. The van der Waals surface area contributed by atoms with E-state index in [9.17, 15) is 29.4 Å². The molecule has 0 spiro atoms. The molecule has 3 amide bonds. The standard InChI is InChI=1S/C50H56ClN11O6S/c1-27(2)37-20-38(41(64)22-40(37)63)46-56-58-50(68)62(46)36-12-6-31(7-13-36)25-59-17-15-34(16-18-59)48(67)60-19-14-32(26-60)23-52-43(66)24-53-42(65)21-39-47-57-55-30(5)61(47)49-44(28(3)29(4)69-49)45(54-39)33-8-10-35(51)11-9-33/h6-13,20,22,27,32,34,39,63-64H,14-19,21,23-26H2,1-5H3,(H,52,66)(H,53,65)(H,58,68)/t32?,39-/m0/s1. The lowest BCUT2D eigenvalue weighted by Gasteiger charge is -2.33. The Morgan fingerprint density at radius 3 is 2.36 bits per heavy atom. The number of likely N-dealkylation sites (tertiary alicyclic amines) is 2. The molecule has 19 heteroatoms. The van der Waals surface area contributed by atoms with Crippen LogP contribution in [0.3, 0.4) is 0 Å². The van der Waals surface area contributed by atoms with Crippen molar-refractivity contribution in [3.63, 3.8) is 0 Å². The third kappa shape index (κ3) is 9.83. The van der Waals surface area contributed by atoms with Crippen LogP contribution in [0.1, 0.15) is 95.8 Å². The monoisotopic (exact) mass is 973 g/mol. The largest absolute Gasteiger partial charge is 0.508 e. The molecular formula is C50H56ClN11O6S. The summed E-state index contributed by atoms with van der Waals surface area (Å²) in [7, 11) is 0. The molecule has 2 atom stereocenters. The number of piperidine rings is 1. The van der Waals surface area contributed by atoms with Gasteiger partial charge in [-0.15, -0.1) is 21.5 Å². The highest BCUT2D eigenvalue weighted by molar-refractivity contribution is 7.15. The smallest absolute Gasteiger partial charge is 0.348 e. The number of aryl methyl sites for hydroxylation is 2. The Bertz CT molecular complexity index is 3000. The lowest BCUT2D eigenvalue weighted by Crippen LogP contribution is -2.42. The number of hydrogen-bond donors (Lipinski definition) is 5. The van der Waals surface area contributed by atoms with Crippen LogP contribution in [0.2, 0.25) is 5.02 Å². The highest BCUT2D eigenvalue weighted by Gasteiger charge is 2.35. The molecule has 69 heavy (non-hydrogen) atoms. The first-order valence-electron chi connectivity index (χ1n) is 23.4. The van der Waals surface area contributed by atoms with Gasteiger partial charge in [-0.1, -0.05) is 49.7 Å². The Morgan fingerprint density at radius 1 is 0.899 bits per heavy atom. The summed E-state index contributed by atoms with van der Waals surface area (Å²) in [6.07, 6.45) is 2.25. The van der Waals surface area contributed by atoms with Crippen molar-refractivity contribution in [1.29, 1.82) is 0 Å². The van der Waals surface area contributed by atoms with Crippen molar-refractivity contribution in [3.05, 3.63) is 121 Å². The van der Waals surface area contributed by atoms with E-state index in [-0.39, 0.29) is 65.8 Å². The predicted molar refractivity (Wildman–Crippen MR) is 264 cm³/mol. The van der Waals surface area contributed by atoms with Crippen LogP contribution >= 0.6 is 22.9 Å². The fourth-order valence-corrected chi connectivity index (χ4v) is 11.0. The van der Waals surface area contributed by atoms with Crippen LogP contribution in [-0.2, 0) is 20.9 Å². The van der Waals surface area contributed by atoms with Gasteiger partial charge in [0, 0.05) is 59.2 Å². The number of rotatable bonds is 13. The molecular weight excluding hydrogens is 918 g/mol. The van der Waals surface area contributed by atoms with E-state index >= 15 is 0 Å². The van der Waals surface area contributed by atoms with Gasteiger partial charge in [-0.05, 0) is 112 Å². The number of nitrogens with one attached hydrogen (secondary N) is 3. The minimum Gasteiger partial charge on any atom is -0.508 e. The molecule has 3 aliphatic heterocycles. The molecule has 0 aliphatic carbocycles. The van der Waals surface area contributed by atoms with Crippen molar-refractivity contribution in [2.45, 2.75) is 78.8 Å². The summed E-state index contributed by atoms with van der Waals surface area (Å²) < 4.78 is 3.39. The van der Waals surface area contributed by atoms with Crippen molar-refractivity contribution < 1.29 is 24.6 Å². The third-order valence-electron chi connectivity index (χ3n) is 13.6. The Morgan fingerprint density at radius 2 is 1.64 bits per heavy atom. The SMILES string of the molecule is Cc1sc2c(c1C)C(c1ccc(Cl)cc1)=N[C@@H](CC(=O)NCC(=O)NCC1CCN(C(=O)C3CCN(Cc4ccc(-n5c(-c6cc(C(C)C)c(O)cc6O)n[nH]c5=O)cc4)CC3)C1)c1nnc(C)n1-2. The Balaban J connectivity index is 0.733. The highest BCUT2D eigenvalue weighted by atomic mass is 35.5. The van der Waals surface area contributed by atoms with E-state index in [0.29, 0.717) is 59.7 Å². The van der Waals surface area contributed by atoms with Crippen molar-refractivity contribution in [2.24, 2.45) is 16.8 Å². The van der Waals surface area contributed by atoms with Gasteiger partial charge in [0.1, 0.15) is 28.4 Å². The van der Waals surface area contributed by atoms with Gasteiger partial charge < -0.3 is 25.7 Å². The number of nitrogens with zero attached hydrogens (tertiary/aromatic N) is 8. The van der Waals surface area contributed by atoms with E-state index in [1.54, 1.807) is 17.4 Å². The lowest BCUT2D eigenvalue weighted by molar-refractivity contribution is -0.136. The molecule has 17 nitrogen and oxygen atoms in total. The molecule has 6 aromatic rings. The highest BCUT2D eigenvalue weighted by Crippen LogP contribution is 2.40. The summed E-state index contributed by atoms with van der Waals surface area (Å²) >= 11 is 7.88. The second-order valence-electron chi connectivity index (χ2n) is 18.6. The number of fused-ring (bicyclic) bond motifs is 3. The number of phenolic OH excluding ortho intramolecular Hbond substituents is 2. The van der Waals surface area contributed by atoms with Gasteiger partial charge in [0.25, 0.3) is 0 Å². The maximum atomic E-state index is 13.7. The summed E-state index contributed by atoms with van der Waals surface area (Å²) in [5.74, 6) is 0.844. The van der Waals surface area contributed by atoms with Crippen LogP contribution < -0.4 is 16.3 Å². The van der Waals surface area contributed by atoms with Gasteiger partial charge in [-0.25, -0.2) is 14.5 Å². The van der Waals surface area contributed by atoms with Gasteiger partial charge in [0.15, 0.2) is 11.6 Å². The number of thiophene rings is 1. The molecule has 5 N–H and O–H groups in total. The molecule has 2 fully saturated rings. The van der Waals surface area contributed by atoms with Crippen LogP contribution in [-0.4, -0.2) is 112 Å². The Labute approximate surface area is 408 Å². The van der Waals surface area contributed by atoms with Crippen LogP contribution in [0.5, 0.6) is 11.5 Å². The third-order valence-corrected chi connectivity index (χ3v) is 15.0. The summed E-state index contributed by atoms with van der Waals surface area (Å²) in [5, 5.41) is 43.9. The molecule has 3 aliphatic rings. The van der Waals surface area contributed by atoms with Crippen molar-refractivity contribution in [3.8, 4) is 33.6 Å². The maximum absolute atomic E-state index is 13.7. The Hall–Kier alpha value is -6.63. The summed E-state index contributed by atoms with van der Waals surface area (Å²) in [6, 6.07) is 17.4. The summed E-state index contributed by atoms with van der Waals surface area (Å²) in [6.45, 7) is 13.6. The molecule has 3 aromatic heterocycles. The Kier molecular flexibility index (Phi) is 13.6. The zero-order valence-electron chi connectivity index (χ0n) is 39.3. The van der Waals surface area contributed by atoms with E-state index in [4.69, 9.17) is 16.6 Å². The number of aliphatic imine (C=N–C) groups is 1. The van der Waals surface area contributed by atoms with Gasteiger partial charge in [0.05, 0.1) is 29.9 Å². The molecule has 9 rings (SSSR count). The number of aromatic amines is 1. The number of carbonyl (C=O) groups excluding carboxylic acids is 3. The number of benzene rings is 3. The molecule has 3 aromatic carbocycles. The van der Waals surface area contributed by atoms with Crippen molar-refractivity contribution >= 4 is 46.4 Å². The molecule has 0 bridgehead atoms. The average molecular weight is 975 g/mol. The van der Waals surface area contributed by atoms with Crippen molar-refractivity contribution in [1.82, 2.24) is 50.0 Å². The normalized spacial score (nSPS) is 17.4. The maximum Gasteiger partial charge on any atom is 0.348 e. The number of phenols is 2. The summed E-state index contributed by atoms with van der Waals surface area (Å²) in [5.41, 5.74) is 5.84. The second kappa shape index (κ2) is 19.8. The zero-order valence-corrected chi connectivity index (χ0v) is 40.8. The predicted octanol–water partition coefficient (Wildman–Crippen LogP) is 6.26. The lowest BCUT2D eigenvalue weighted by atomic mass is 9.95. The number of hydrogen-bond acceptors (Lipinski definition) is 12. The second-order valence-corrected chi connectivity index (χ2v) is 20.3. The van der Waals surface area contributed by atoms with Crippen LogP contribution in [0.4, 0.5) is 0 Å².